The molecule has 0 aliphatic heterocycles. The van der Waals surface area contributed by atoms with E-state index in [-0.39, 0.29) is 11.1 Å². The van der Waals surface area contributed by atoms with Crippen LogP contribution in [0.2, 0.25) is 0 Å². The molecule has 5 heteroatoms. The van der Waals surface area contributed by atoms with Crippen molar-refractivity contribution in [3.63, 3.8) is 0 Å². The fraction of sp³-hybridized carbons (Fsp3) is 0. The molecule has 0 radical (unpaired) electrons. The highest BCUT2D eigenvalue weighted by molar-refractivity contribution is 9.10. The van der Waals surface area contributed by atoms with Crippen molar-refractivity contribution in [3.05, 3.63) is 69.7 Å². The SMILES string of the molecule is O=C(O)c1cc(Br)cc(C(=O)/C=C/c2ccccc2)c1O. The van der Waals surface area contributed by atoms with Gasteiger partial charge in [-0.05, 0) is 23.8 Å². The molecule has 0 aliphatic rings. The van der Waals surface area contributed by atoms with Crippen LogP contribution >= 0.6 is 15.9 Å². The molecule has 21 heavy (non-hydrogen) atoms. The third-order valence-electron chi connectivity index (χ3n) is 2.80. The first-order valence-corrected chi connectivity index (χ1v) is 6.81. The summed E-state index contributed by atoms with van der Waals surface area (Å²) in [6.07, 6.45) is 2.89. The minimum Gasteiger partial charge on any atom is -0.506 e. The summed E-state index contributed by atoms with van der Waals surface area (Å²) in [7, 11) is 0. The fourth-order valence-corrected chi connectivity index (χ4v) is 2.23. The first-order chi connectivity index (χ1) is 9.99. The fourth-order valence-electron chi connectivity index (χ4n) is 1.78. The number of hydrogen-bond donors (Lipinski definition) is 2. The van der Waals surface area contributed by atoms with Gasteiger partial charge >= 0.3 is 5.97 Å². The van der Waals surface area contributed by atoms with Crippen molar-refractivity contribution < 1.29 is 19.8 Å². The van der Waals surface area contributed by atoms with Gasteiger partial charge in [0.2, 0.25) is 0 Å². The minimum absolute atomic E-state index is 0.0612. The summed E-state index contributed by atoms with van der Waals surface area (Å²) in [6, 6.07) is 11.8. The maximum absolute atomic E-state index is 12.1. The van der Waals surface area contributed by atoms with E-state index in [1.165, 1.54) is 18.2 Å². The lowest BCUT2D eigenvalue weighted by atomic mass is 10.0. The Morgan fingerprint density at radius 2 is 1.67 bits per heavy atom. The number of carboxylic acid groups (broad SMARTS) is 1. The number of hydrogen-bond acceptors (Lipinski definition) is 3. The Balaban J connectivity index is 2.36. The molecule has 0 heterocycles. The summed E-state index contributed by atoms with van der Waals surface area (Å²) in [6.45, 7) is 0. The predicted molar refractivity (Wildman–Crippen MR) is 82.6 cm³/mol. The van der Waals surface area contributed by atoms with E-state index in [4.69, 9.17) is 5.11 Å². The van der Waals surface area contributed by atoms with E-state index in [9.17, 15) is 14.7 Å². The Morgan fingerprint density at radius 3 is 2.29 bits per heavy atom. The van der Waals surface area contributed by atoms with Crippen molar-refractivity contribution in [1.82, 2.24) is 0 Å². The van der Waals surface area contributed by atoms with Crippen LogP contribution in [0.5, 0.6) is 5.75 Å². The van der Waals surface area contributed by atoms with E-state index in [1.54, 1.807) is 6.08 Å². The molecule has 0 unspecified atom stereocenters. The van der Waals surface area contributed by atoms with Crippen LogP contribution in [0.4, 0.5) is 0 Å². The number of aromatic carboxylic acids is 1. The zero-order valence-electron chi connectivity index (χ0n) is 10.8. The third-order valence-corrected chi connectivity index (χ3v) is 3.26. The van der Waals surface area contributed by atoms with Crippen LogP contribution in [-0.4, -0.2) is 22.0 Å². The van der Waals surface area contributed by atoms with Gasteiger partial charge in [-0.1, -0.05) is 52.3 Å². The van der Waals surface area contributed by atoms with Crippen LogP contribution in [0.15, 0.2) is 53.0 Å². The third kappa shape index (κ3) is 3.58. The van der Waals surface area contributed by atoms with Crippen molar-refractivity contribution >= 4 is 33.8 Å². The number of allylic oxidation sites excluding steroid dienone is 1. The Kier molecular flexibility index (Phi) is 4.55. The second-order valence-corrected chi connectivity index (χ2v) is 5.18. The van der Waals surface area contributed by atoms with Gasteiger partial charge in [0.05, 0.1) is 5.56 Å². The molecule has 2 N–H and O–H groups in total. The van der Waals surface area contributed by atoms with Crippen LogP contribution in [0.1, 0.15) is 26.3 Å². The summed E-state index contributed by atoms with van der Waals surface area (Å²) < 4.78 is 0.411. The molecule has 0 atom stereocenters. The highest BCUT2D eigenvalue weighted by Gasteiger charge is 2.18. The molecule has 0 saturated heterocycles. The molecule has 0 aromatic heterocycles. The van der Waals surface area contributed by atoms with E-state index in [1.807, 2.05) is 30.3 Å². The van der Waals surface area contributed by atoms with Crippen molar-refractivity contribution in [2.24, 2.45) is 0 Å². The number of carboxylic acids is 1. The average Bonchev–Trinajstić information content (AvgIpc) is 2.47. The topological polar surface area (TPSA) is 74.6 Å². The number of halogens is 1. The van der Waals surface area contributed by atoms with E-state index >= 15 is 0 Å². The van der Waals surface area contributed by atoms with Crippen molar-refractivity contribution in [2.75, 3.05) is 0 Å². The molecule has 2 aromatic rings. The Morgan fingerprint density at radius 1 is 1.05 bits per heavy atom. The highest BCUT2D eigenvalue weighted by atomic mass is 79.9. The number of carbonyl (C=O) groups is 2. The molecule has 0 amide bonds. The number of aromatic hydroxyl groups is 1. The molecule has 0 bridgehead atoms. The van der Waals surface area contributed by atoms with Crippen LogP contribution in [0.3, 0.4) is 0 Å². The summed E-state index contributed by atoms with van der Waals surface area (Å²) >= 11 is 3.13. The number of benzene rings is 2. The second kappa shape index (κ2) is 6.37. The standard InChI is InChI=1S/C16H11BrO4/c17-11-8-12(15(19)13(9-11)16(20)21)14(18)7-6-10-4-2-1-3-5-10/h1-9,19H,(H,20,21)/b7-6+. The van der Waals surface area contributed by atoms with Crippen LogP contribution in [0.25, 0.3) is 6.08 Å². The first-order valence-electron chi connectivity index (χ1n) is 6.02. The van der Waals surface area contributed by atoms with Crippen LogP contribution in [-0.2, 0) is 0 Å². The lowest BCUT2D eigenvalue weighted by Crippen LogP contribution is -2.03. The maximum Gasteiger partial charge on any atom is 0.339 e. The van der Waals surface area contributed by atoms with Gasteiger partial charge in [-0.25, -0.2) is 4.79 Å². The van der Waals surface area contributed by atoms with E-state index in [0.717, 1.165) is 5.56 Å². The Bertz CT molecular complexity index is 721. The van der Waals surface area contributed by atoms with E-state index in [0.29, 0.717) is 4.47 Å². The van der Waals surface area contributed by atoms with Gasteiger partial charge in [0, 0.05) is 4.47 Å². The molecule has 4 nitrogen and oxygen atoms in total. The van der Waals surface area contributed by atoms with Gasteiger partial charge in [-0.2, -0.15) is 0 Å². The maximum atomic E-state index is 12.1. The number of phenols is 1. The monoisotopic (exact) mass is 346 g/mol. The normalized spacial score (nSPS) is 10.7. The molecule has 2 aromatic carbocycles. The summed E-state index contributed by atoms with van der Waals surface area (Å²) in [4.78, 5) is 23.1. The lowest BCUT2D eigenvalue weighted by molar-refractivity contribution is 0.0693. The van der Waals surface area contributed by atoms with Crippen molar-refractivity contribution in [1.29, 1.82) is 0 Å². The Labute approximate surface area is 129 Å². The smallest absolute Gasteiger partial charge is 0.339 e. The van der Waals surface area contributed by atoms with Crippen LogP contribution in [0, 0.1) is 0 Å². The minimum atomic E-state index is -1.30. The quantitative estimate of drug-likeness (QED) is 0.653. The number of ketones is 1. The molecule has 0 fully saturated rings. The van der Waals surface area contributed by atoms with E-state index < -0.39 is 17.5 Å². The first kappa shape index (κ1) is 15.0. The van der Waals surface area contributed by atoms with Crippen molar-refractivity contribution in [2.45, 2.75) is 0 Å². The molecule has 0 saturated carbocycles. The van der Waals surface area contributed by atoms with Gasteiger partial charge in [0.15, 0.2) is 5.78 Å². The second-order valence-electron chi connectivity index (χ2n) is 4.26. The zero-order chi connectivity index (χ0) is 15.4. The Hall–Kier alpha value is -2.40. The summed E-state index contributed by atoms with van der Waals surface area (Å²) in [5, 5.41) is 18.9. The average molecular weight is 347 g/mol. The van der Waals surface area contributed by atoms with Crippen LogP contribution < -0.4 is 0 Å². The van der Waals surface area contributed by atoms with Gasteiger partial charge < -0.3 is 10.2 Å². The number of carbonyl (C=O) groups excluding carboxylic acids is 1. The molecule has 2 rings (SSSR count). The summed E-state index contributed by atoms with van der Waals surface area (Å²) in [5.41, 5.74) is 0.452. The zero-order valence-corrected chi connectivity index (χ0v) is 12.4. The van der Waals surface area contributed by atoms with Gasteiger partial charge in [-0.3, -0.25) is 4.79 Å². The molecule has 0 aliphatic carbocycles. The summed E-state index contributed by atoms with van der Waals surface area (Å²) in [5.74, 6) is -2.30. The van der Waals surface area contributed by atoms with E-state index in [2.05, 4.69) is 15.9 Å². The molecule has 106 valence electrons. The molecular formula is C16H11BrO4. The number of rotatable bonds is 4. The van der Waals surface area contributed by atoms with Gasteiger partial charge in [0.25, 0.3) is 0 Å². The highest BCUT2D eigenvalue weighted by Crippen LogP contribution is 2.28. The molecular weight excluding hydrogens is 336 g/mol. The largest absolute Gasteiger partial charge is 0.506 e. The predicted octanol–water partition coefficient (Wildman–Crippen LogP) is 3.75. The van der Waals surface area contributed by atoms with Crippen molar-refractivity contribution in [3.8, 4) is 5.75 Å². The lowest BCUT2D eigenvalue weighted by Gasteiger charge is -2.05. The van der Waals surface area contributed by atoms with Gasteiger partial charge in [0.1, 0.15) is 11.3 Å². The van der Waals surface area contributed by atoms with Gasteiger partial charge in [-0.15, -0.1) is 0 Å². The molecule has 0 spiro atoms.